The quantitative estimate of drug-likeness (QED) is 0.411. The molecule has 3 rings (SSSR count). The van der Waals surface area contributed by atoms with Crippen LogP contribution >= 0.6 is 11.6 Å². The molecule has 0 bridgehead atoms. The summed E-state index contributed by atoms with van der Waals surface area (Å²) >= 11 is 5.86. The van der Waals surface area contributed by atoms with Gasteiger partial charge in [0.2, 0.25) is 0 Å². The van der Waals surface area contributed by atoms with Gasteiger partial charge in [-0.25, -0.2) is 10.5 Å². The van der Waals surface area contributed by atoms with Gasteiger partial charge in [-0.15, -0.1) is 0 Å². The number of benzene rings is 1. The first kappa shape index (κ1) is 18.8. The summed E-state index contributed by atoms with van der Waals surface area (Å²) in [6, 6.07) is 6.93. The molecular weight excluding hydrogens is 370 g/mol. The summed E-state index contributed by atoms with van der Waals surface area (Å²) < 4.78 is 0. The summed E-state index contributed by atoms with van der Waals surface area (Å²) in [7, 11) is 0. The Morgan fingerprint density at radius 3 is 2.67 bits per heavy atom. The number of amides is 2. The fraction of sp³-hybridized carbons (Fsp3) is 0.222. The average molecular weight is 388 g/mol. The van der Waals surface area contributed by atoms with E-state index in [2.05, 4.69) is 15.3 Å². The smallest absolute Gasteiger partial charge is 0.267 e. The van der Waals surface area contributed by atoms with Gasteiger partial charge in [0.15, 0.2) is 0 Å². The maximum absolute atomic E-state index is 12.5. The van der Waals surface area contributed by atoms with Crippen molar-refractivity contribution in [3.05, 3.63) is 59.0 Å². The van der Waals surface area contributed by atoms with Crippen molar-refractivity contribution in [3.8, 4) is 0 Å². The van der Waals surface area contributed by atoms with Crippen LogP contribution in [-0.4, -0.2) is 51.0 Å². The number of likely N-dealkylation sites (tertiary alicyclic amines) is 1. The number of hydrogen-bond acceptors (Lipinski definition) is 6. The number of hydroxylamine groups is 1. The highest BCUT2D eigenvalue weighted by atomic mass is 35.5. The number of anilines is 1. The molecule has 0 radical (unpaired) electrons. The Morgan fingerprint density at radius 1 is 1.22 bits per heavy atom. The highest BCUT2D eigenvalue weighted by molar-refractivity contribution is 6.30. The van der Waals surface area contributed by atoms with Crippen LogP contribution in [0.15, 0.2) is 42.7 Å². The molecule has 1 aromatic heterocycles. The molecular formula is C18H18ClN5O3. The van der Waals surface area contributed by atoms with Crippen LogP contribution < -0.4 is 10.8 Å². The van der Waals surface area contributed by atoms with Gasteiger partial charge in [0.05, 0.1) is 18.1 Å². The van der Waals surface area contributed by atoms with Gasteiger partial charge in [-0.3, -0.25) is 19.8 Å². The van der Waals surface area contributed by atoms with Crippen LogP contribution in [0.5, 0.6) is 0 Å². The van der Waals surface area contributed by atoms with E-state index < -0.39 is 5.91 Å². The Hall–Kier alpha value is -2.97. The second kappa shape index (κ2) is 8.61. The molecule has 27 heavy (non-hydrogen) atoms. The van der Waals surface area contributed by atoms with Crippen molar-refractivity contribution in [1.82, 2.24) is 20.3 Å². The van der Waals surface area contributed by atoms with Crippen LogP contribution in [0.3, 0.4) is 0 Å². The molecule has 9 heteroatoms. The molecule has 1 aliphatic heterocycles. The van der Waals surface area contributed by atoms with Crippen LogP contribution in [0, 0.1) is 0 Å². The molecule has 1 saturated heterocycles. The van der Waals surface area contributed by atoms with E-state index in [0.29, 0.717) is 35.2 Å². The molecule has 0 aliphatic carbocycles. The number of hydrogen-bond donors (Lipinski definition) is 3. The average Bonchev–Trinajstić information content (AvgIpc) is 3.15. The molecule has 3 N–H and O–H groups in total. The third-order valence-corrected chi connectivity index (χ3v) is 4.36. The van der Waals surface area contributed by atoms with E-state index in [9.17, 15) is 9.59 Å². The topological polar surface area (TPSA) is 107 Å². The fourth-order valence-corrected chi connectivity index (χ4v) is 2.87. The molecule has 2 amide bonds. The summed E-state index contributed by atoms with van der Waals surface area (Å²) in [4.78, 5) is 33.7. The third-order valence-electron chi connectivity index (χ3n) is 4.11. The van der Waals surface area contributed by atoms with Crippen molar-refractivity contribution in [2.24, 2.45) is 0 Å². The summed E-state index contributed by atoms with van der Waals surface area (Å²) in [5.74, 6) is -0.0790. The molecule has 0 spiro atoms. The molecule has 1 fully saturated rings. The summed E-state index contributed by atoms with van der Waals surface area (Å²) in [5, 5.41) is 12.3. The standard InChI is InChI=1S/C18H18ClN5O3/c19-13-3-1-12(2-4-13)18(26)24-8-7-15(11-24)22-16-10-20-14(9-21-16)5-6-17(25)23-27/h1-6,9-10,15,27H,7-8,11H2,(H,21,22)(H,23,25)/t15-/m1/s1. The van der Waals surface area contributed by atoms with Crippen LogP contribution in [0.4, 0.5) is 5.82 Å². The zero-order valence-corrected chi connectivity index (χ0v) is 15.1. The van der Waals surface area contributed by atoms with Crippen molar-refractivity contribution in [3.63, 3.8) is 0 Å². The number of nitrogens with one attached hydrogen (secondary N) is 2. The van der Waals surface area contributed by atoms with Gasteiger partial charge in [-0.05, 0) is 36.8 Å². The Balaban J connectivity index is 1.55. The highest BCUT2D eigenvalue weighted by Gasteiger charge is 2.27. The van der Waals surface area contributed by atoms with Gasteiger partial charge >= 0.3 is 0 Å². The molecule has 1 aliphatic rings. The Morgan fingerprint density at radius 2 is 2.00 bits per heavy atom. The lowest BCUT2D eigenvalue weighted by Crippen LogP contribution is -2.31. The van der Waals surface area contributed by atoms with Crippen LogP contribution in [0.25, 0.3) is 6.08 Å². The Bertz CT molecular complexity index is 839. The summed E-state index contributed by atoms with van der Waals surface area (Å²) in [6.45, 7) is 1.23. The molecule has 0 unspecified atom stereocenters. The molecule has 1 aromatic carbocycles. The lowest BCUT2D eigenvalue weighted by Gasteiger charge is -2.17. The second-order valence-corrected chi connectivity index (χ2v) is 6.46. The maximum atomic E-state index is 12.5. The minimum Gasteiger partial charge on any atom is -0.364 e. The predicted octanol–water partition coefficient (Wildman–Crippen LogP) is 1.98. The number of halogens is 1. The molecule has 8 nitrogen and oxygen atoms in total. The van der Waals surface area contributed by atoms with Crippen molar-refractivity contribution in [1.29, 1.82) is 0 Å². The molecule has 1 atom stereocenters. The van der Waals surface area contributed by atoms with E-state index >= 15 is 0 Å². The van der Waals surface area contributed by atoms with Gasteiger partial charge in [0, 0.05) is 35.8 Å². The van der Waals surface area contributed by atoms with Crippen molar-refractivity contribution in [2.75, 3.05) is 18.4 Å². The first-order valence-electron chi connectivity index (χ1n) is 8.31. The van der Waals surface area contributed by atoms with Crippen molar-refractivity contribution < 1.29 is 14.8 Å². The molecule has 2 heterocycles. The van der Waals surface area contributed by atoms with E-state index in [1.54, 1.807) is 35.4 Å². The third kappa shape index (κ3) is 5.02. The largest absolute Gasteiger partial charge is 0.364 e. The Kier molecular flexibility index (Phi) is 6.00. The van der Waals surface area contributed by atoms with E-state index in [4.69, 9.17) is 16.8 Å². The molecule has 0 saturated carbocycles. The second-order valence-electron chi connectivity index (χ2n) is 6.02. The molecule has 140 valence electrons. The zero-order chi connectivity index (χ0) is 19.2. The SMILES string of the molecule is O=C(C=Cc1cnc(N[C@@H]2CCN(C(=O)c3ccc(Cl)cc3)C2)cn1)NO. The number of aromatic nitrogens is 2. The van der Waals surface area contributed by atoms with E-state index in [1.807, 2.05) is 0 Å². The first-order chi connectivity index (χ1) is 13.0. The lowest BCUT2D eigenvalue weighted by molar-refractivity contribution is -0.124. The van der Waals surface area contributed by atoms with Crippen LogP contribution in [0.2, 0.25) is 5.02 Å². The van der Waals surface area contributed by atoms with Crippen LogP contribution in [0.1, 0.15) is 22.5 Å². The van der Waals surface area contributed by atoms with Crippen molar-refractivity contribution in [2.45, 2.75) is 12.5 Å². The normalized spacial score (nSPS) is 16.5. The minimum absolute atomic E-state index is 0.0234. The van der Waals surface area contributed by atoms with Crippen LogP contribution in [-0.2, 0) is 4.79 Å². The first-order valence-corrected chi connectivity index (χ1v) is 8.68. The minimum atomic E-state index is -0.643. The fourth-order valence-electron chi connectivity index (χ4n) is 2.74. The van der Waals surface area contributed by atoms with E-state index in [1.165, 1.54) is 17.8 Å². The predicted molar refractivity (Wildman–Crippen MR) is 100 cm³/mol. The molecule has 2 aromatic rings. The summed E-state index contributed by atoms with van der Waals surface area (Å²) in [5.41, 5.74) is 2.59. The van der Waals surface area contributed by atoms with E-state index in [-0.39, 0.29) is 11.9 Å². The number of rotatable bonds is 5. The van der Waals surface area contributed by atoms with Gasteiger partial charge in [-0.2, -0.15) is 0 Å². The van der Waals surface area contributed by atoms with E-state index in [0.717, 1.165) is 12.5 Å². The van der Waals surface area contributed by atoms with Gasteiger partial charge in [0.1, 0.15) is 5.82 Å². The number of carbonyl (C=O) groups is 2. The highest BCUT2D eigenvalue weighted by Crippen LogP contribution is 2.18. The lowest BCUT2D eigenvalue weighted by atomic mass is 10.2. The van der Waals surface area contributed by atoms with Gasteiger partial charge < -0.3 is 10.2 Å². The van der Waals surface area contributed by atoms with Crippen molar-refractivity contribution >= 4 is 35.3 Å². The number of carbonyl (C=O) groups excluding carboxylic acids is 2. The van der Waals surface area contributed by atoms with Gasteiger partial charge in [-0.1, -0.05) is 11.6 Å². The number of nitrogens with zero attached hydrogens (tertiary/aromatic N) is 3. The zero-order valence-electron chi connectivity index (χ0n) is 14.3. The van der Waals surface area contributed by atoms with Gasteiger partial charge in [0.25, 0.3) is 11.8 Å². The Labute approximate surface area is 160 Å². The maximum Gasteiger partial charge on any atom is 0.267 e. The monoisotopic (exact) mass is 387 g/mol. The summed E-state index contributed by atoms with van der Waals surface area (Å²) in [6.07, 6.45) is 6.45.